The molecule has 2 heterocycles. The zero-order valence-electron chi connectivity index (χ0n) is 11.2. The van der Waals surface area contributed by atoms with Gasteiger partial charge >= 0.3 is 0 Å². The van der Waals surface area contributed by atoms with Crippen LogP contribution in [0.25, 0.3) is 11.0 Å². The number of nitrogens with zero attached hydrogens (tertiary/aromatic N) is 4. The second-order valence-electron chi connectivity index (χ2n) is 5.00. The summed E-state index contributed by atoms with van der Waals surface area (Å²) in [5.74, 6) is 0. The molecule has 1 aliphatic rings. The summed E-state index contributed by atoms with van der Waals surface area (Å²) in [5, 5.41) is 9.11. The van der Waals surface area contributed by atoms with E-state index in [1.54, 1.807) is 24.5 Å². The molecule has 21 heavy (non-hydrogen) atoms. The van der Waals surface area contributed by atoms with Crippen LogP contribution in [-0.4, -0.2) is 35.3 Å². The highest BCUT2D eigenvalue weighted by molar-refractivity contribution is 5.92. The van der Waals surface area contributed by atoms with Crippen LogP contribution in [0.3, 0.4) is 0 Å². The summed E-state index contributed by atoms with van der Waals surface area (Å²) < 4.78 is 13.7. The van der Waals surface area contributed by atoms with Crippen LogP contribution in [0, 0.1) is 11.3 Å². The molecule has 0 amide bonds. The Kier molecular flexibility index (Phi) is 4.56. The number of piperidine rings is 1. The Bertz CT molecular complexity index is 677. The Morgan fingerprint density at radius 3 is 2.62 bits per heavy atom. The molecule has 0 radical (unpaired) electrons. The van der Waals surface area contributed by atoms with Crippen LogP contribution in [0.5, 0.6) is 0 Å². The molecule has 2 aromatic rings. The molecule has 0 spiro atoms. The highest BCUT2D eigenvalue weighted by atomic mass is 35.5. The summed E-state index contributed by atoms with van der Waals surface area (Å²) in [6, 6.07) is 5.39. The molecule has 2 atom stereocenters. The van der Waals surface area contributed by atoms with Crippen molar-refractivity contribution in [3.63, 3.8) is 0 Å². The Morgan fingerprint density at radius 2 is 1.95 bits per heavy atom. The third-order valence-corrected chi connectivity index (χ3v) is 3.50. The maximum atomic E-state index is 13.7. The van der Waals surface area contributed by atoms with E-state index in [0.29, 0.717) is 36.1 Å². The van der Waals surface area contributed by atoms with Gasteiger partial charge < -0.3 is 10.6 Å². The number of halogens is 2. The van der Waals surface area contributed by atoms with E-state index in [2.05, 4.69) is 16.0 Å². The minimum Gasteiger partial charge on any atom is -0.365 e. The largest absolute Gasteiger partial charge is 0.365 e. The van der Waals surface area contributed by atoms with Gasteiger partial charge in [0.25, 0.3) is 0 Å². The van der Waals surface area contributed by atoms with E-state index in [4.69, 9.17) is 11.0 Å². The third-order valence-electron chi connectivity index (χ3n) is 3.50. The fraction of sp³-hybridized carbons (Fsp3) is 0.357. The van der Waals surface area contributed by atoms with E-state index in [9.17, 15) is 4.39 Å². The summed E-state index contributed by atoms with van der Waals surface area (Å²) in [6.07, 6.45) is 2.56. The number of aromatic nitrogens is 2. The average Bonchev–Trinajstić information content (AvgIpc) is 2.45. The summed E-state index contributed by atoms with van der Waals surface area (Å²) >= 11 is 0. The SMILES string of the molecule is Cl.N#Cc1ccc(N2C[C@H](N)C[C@@H](F)C2)c2nccnc12. The van der Waals surface area contributed by atoms with E-state index in [0.717, 1.165) is 5.69 Å². The van der Waals surface area contributed by atoms with Crippen molar-refractivity contribution >= 4 is 29.1 Å². The number of rotatable bonds is 1. The molecule has 2 N–H and O–H groups in total. The monoisotopic (exact) mass is 307 g/mol. The fourth-order valence-electron chi connectivity index (χ4n) is 2.66. The molecule has 1 aliphatic heterocycles. The van der Waals surface area contributed by atoms with Crippen molar-refractivity contribution in [1.82, 2.24) is 9.97 Å². The molecule has 0 saturated carbocycles. The summed E-state index contributed by atoms with van der Waals surface area (Å²) in [7, 11) is 0. The zero-order chi connectivity index (χ0) is 14.1. The first kappa shape index (κ1) is 15.4. The average molecular weight is 308 g/mol. The van der Waals surface area contributed by atoms with Gasteiger partial charge in [-0.05, 0) is 18.6 Å². The van der Waals surface area contributed by atoms with Gasteiger partial charge in [0.2, 0.25) is 0 Å². The van der Waals surface area contributed by atoms with Crippen molar-refractivity contribution in [2.24, 2.45) is 5.73 Å². The lowest BCUT2D eigenvalue weighted by Crippen LogP contribution is -2.48. The number of fused-ring (bicyclic) bond motifs is 1. The second-order valence-corrected chi connectivity index (χ2v) is 5.00. The number of anilines is 1. The highest BCUT2D eigenvalue weighted by Gasteiger charge is 2.26. The van der Waals surface area contributed by atoms with Crippen LogP contribution in [0.15, 0.2) is 24.5 Å². The maximum absolute atomic E-state index is 13.7. The molecule has 110 valence electrons. The molecule has 3 rings (SSSR count). The van der Waals surface area contributed by atoms with Crippen LogP contribution in [0.2, 0.25) is 0 Å². The second kappa shape index (κ2) is 6.20. The van der Waals surface area contributed by atoms with E-state index in [1.807, 2.05) is 4.90 Å². The Balaban J connectivity index is 0.00000161. The maximum Gasteiger partial charge on any atom is 0.119 e. The molecule has 1 aromatic carbocycles. The molecule has 1 aromatic heterocycles. The minimum absolute atomic E-state index is 0. The van der Waals surface area contributed by atoms with E-state index >= 15 is 0 Å². The standard InChI is InChI=1S/C14H14FN5.ClH/c15-10-5-11(17)8-20(7-10)12-2-1-9(6-16)13-14(12)19-4-3-18-13;/h1-4,10-11H,5,7-8,17H2;1H/t10-,11-;/m1./s1. The van der Waals surface area contributed by atoms with Crippen molar-refractivity contribution in [1.29, 1.82) is 5.26 Å². The van der Waals surface area contributed by atoms with Gasteiger partial charge in [-0.25, -0.2) is 4.39 Å². The first-order chi connectivity index (χ1) is 9.69. The summed E-state index contributed by atoms with van der Waals surface area (Å²) in [5.41, 5.74) is 8.29. The molecular weight excluding hydrogens is 293 g/mol. The van der Waals surface area contributed by atoms with Crippen LogP contribution in [0.1, 0.15) is 12.0 Å². The minimum atomic E-state index is -0.943. The first-order valence-electron chi connectivity index (χ1n) is 6.47. The van der Waals surface area contributed by atoms with Crippen molar-refractivity contribution in [3.05, 3.63) is 30.1 Å². The zero-order valence-corrected chi connectivity index (χ0v) is 12.1. The molecule has 1 saturated heterocycles. The summed E-state index contributed by atoms with van der Waals surface area (Å²) in [4.78, 5) is 10.4. The van der Waals surface area contributed by atoms with Gasteiger partial charge in [0.15, 0.2) is 0 Å². The number of hydrogen-bond donors (Lipinski definition) is 1. The normalized spacial score (nSPS) is 21.7. The molecule has 1 fully saturated rings. The molecule has 5 nitrogen and oxygen atoms in total. The number of benzene rings is 1. The number of nitrogens with two attached hydrogens (primary N) is 1. The van der Waals surface area contributed by atoms with Gasteiger partial charge in [0.1, 0.15) is 23.3 Å². The van der Waals surface area contributed by atoms with Crippen molar-refractivity contribution in [3.8, 4) is 6.07 Å². The third kappa shape index (κ3) is 2.89. The lowest BCUT2D eigenvalue weighted by Gasteiger charge is -2.34. The molecule has 7 heteroatoms. The van der Waals surface area contributed by atoms with Gasteiger partial charge in [-0.3, -0.25) is 9.97 Å². The molecular formula is C14H15ClFN5. The van der Waals surface area contributed by atoms with Crippen LogP contribution in [0.4, 0.5) is 10.1 Å². The lowest BCUT2D eigenvalue weighted by atomic mass is 10.0. The molecule has 0 aliphatic carbocycles. The fourth-order valence-corrected chi connectivity index (χ4v) is 2.66. The Labute approximate surface area is 128 Å². The van der Waals surface area contributed by atoms with Gasteiger partial charge in [0, 0.05) is 31.5 Å². The predicted molar refractivity (Wildman–Crippen MR) is 81.2 cm³/mol. The number of hydrogen-bond acceptors (Lipinski definition) is 5. The van der Waals surface area contributed by atoms with E-state index in [-0.39, 0.29) is 18.4 Å². The van der Waals surface area contributed by atoms with Crippen molar-refractivity contribution in [2.75, 3.05) is 18.0 Å². The Hall–Kier alpha value is -1.97. The Morgan fingerprint density at radius 1 is 1.24 bits per heavy atom. The van der Waals surface area contributed by atoms with Gasteiger partial charge in [0.05, 0.1) is 11.3 Å². The van der Waals surface area contributed by atoms with E-state index in [1.165, 1.54) is 0 Å². The first-order valence-corrected chi connectivity index (χ1v) is 6.47. The van der Waals surface area contributed by atoms with Crippen LogP contribution >= 0.6 is 12.4 Å². The molecule has 0 bridgehead atoms. The van der Waals surface area contributed by atoms with Gasteiger partial charge in [-0.1, -0.05) is 0 Å². The van der Waals surface area contributed by atoms with Gasteiger partial charge in [-0.2, -0.15) is 5.26 Å². The predicted octanol–water partition coefficient (Wildman–Crippen LogP) is 1.80. The number of nitriles is 1. The van der Waals surface area contributed by atoms with Crippen molar-refractivity contribution in [2.45, 2.75) is 18.6 Å². The lowest BCUT2D eigenvalue weighted by molar-refractivity contribution is 0.269. The topological polar surface area (TPSA) is 78.8 Å². The van der Waals surface area contributed by atoms with Gasteiger partial charge in [-0.15, -0.1) is 12.4 Å². The van der Waals surface area contributed by atoms with Crippen molar-refractivity contribution < 1.29 is 4.39 Å². The molecule has 0 unspecified atom stereocenters. The van der Waals surface area contributed by atoms with E-state index < -0.39 is 6.17 Å². The summed E-state index contributed by atoms with van der Waals surface area (Å²) in [6.45, 7) is 0.878. The highest BCUT2D eigenvalue weighted by Crippen LogP contribution is 2.28. The van der Waals surface area contributed by atoms with Crippen LogP contribution < -0.4 is 10.6 Å². The number of alkyl halides is 1. The quantitative estimate of drug-likeness (QED) is 0.869. The van der Waals surface area contributed by atoms with Crippen LogP contribution in [-0.2, 0) is 0 Å². The smallest absolute Gasteiger partial charge is 0.119 e.